The van der Waals surface area contributed by atoms with Gasteiger partial charge in [0.2, 0.25) is 0 Å². The number of nitrogens with two attached hydrogens (primary N) is 1. The Balaban J connectivity index is 2.93. The lowest BCUT2D eigenvalue weighted by Crippen LogP contribution is -2.21. The summed E-state index contributed by atoms with van der Waals surface area (Å²) in [4.78, 5) is 14.2. The molecule has 0 aliphatic rings. The van der Waals surface area contributed by atoms with Crippen LogP contribution in [0.15, 0.2) is 18.3 Å². The molecular formula is C8H7N3O2. The Morgan fingerprint density at radius 2 is 2.38 bits per heavy atom. The van der Waals surface area contributed by atoms with Gasteiger partial charge in [0.15, 0.2) is 0 Å². The molecule has 1 aromatic rings. The Morgan fingerprint density at radius 3 is 2.77 bits per heavy atom. The van der Waals surface area contributed by atoms with Crippen LogP contribution in [0.3, 0.4) is 0 Å². The highest BCUT2D eigenvalue weighted by atomic mass is 16.4. The zero-order chi connectivity index (χ0) is 9.84. The van der Waals surface area contributed by atoms with E-state index in [2.05, 4.69) is 4.98 Å². The number of carboxylic acid groups (broad SMARTS) is 1. The molecule has 0 bridgehead atoms. The SMILES string of the molecule is N#Cc1ccc([C@@H](N)C(=O)O)nc1. The second-order valence-electron chi connectivity index (χ2n) is 2.40. The van der Waals surface area contributed by atoms with Crippen molar-refractivity contribution in [1.82, 2.24) is 4.98 Å². The second kappa shape index (κ2) is 3.65. The maximum Gasteiger partial charge on any atom is 0.326 e. The summed E-state index contributed by atoms with van der Waals surface area (Å²) < 4.78 is 0. The van der Waals surface area contributed by atoms with Gasteiger partial charge in [-0.25, -0.2) is 0 Å². The molecule has 5 nitrogen and oxygen atoms in total. The Hall–Kier alpha value is -1.93. The molecular weight excluding hydrogens is 170 g/mol. The summed E-state index contributed by atoms with van der Waals surface area (Å²) in [6.07, 6.45) is 1.29. The highest BCUT2D eigenvalue weighted by molar-refractivity contribution is 5.74. The third-order valence-electron chi connectivity index (χ3n) is 1.50. The molecule has 0 aromatic carbocycles. The first kappa shape index (κ1) is 9.16. The minimum absolute atomic E-state index is 0.242. The summed E-state index contributed by atoms with van der Waals surface area (Å²) in [5.74, 6) is -1.14. The van der Waals surface area contributed by atoms with E-state index in [9.17, 15) is 4.79 Å². The molecule has 13 heavy (non-hydrogen) atoms. The fourth-order valence-corrected chi connectivity index (χ4v) is 0.782. The number of nitrogens with zero attached hydrogens (tertiary/aromatic N) is 2. The van der Waals surface area contributed by atoms with Crippen molar-refractivity contribution in [2.45, 2.75) is 6.04 Å². The van der Waals surface area contributed by atoms with Gasteiger partial charge in [0.25, 0.3) is 0 Å². The van der Waals surface area contributed by atoms with Gasteiger partial charge >= 0.3 is 5.97 Å². The van der Waals surface area contributed by atoms with Crippen LogP contribution in [0.1, 0.15) is 17.3 Å². The Morgan fingerprint density at radius 1 is 1.69 bits per heavy atom. The normalized spacial score (nSPS) is 11.7. The van der Waals surface area contributed by atoms with Gasteiger partial charge in [0.05, 0.1) is 11.3 Å². The van der Waals surface area contributed by atoms with Gasteiger partial charge in [0.1, 0.15) is 12.1 Å². The first-order valence-corrected chi connectivity index (χ1v) is 3.49. The van der Waals surface area contributed by atoms with Crippen LogP contribution in [-0.4, -0.2) is 16.1 Å². The second-order valence-corrected chi connectivity index (χ2v) is 2.40. The lowest BCUT2D eigenvalue weighted by atomic mass is 10.2. The third-order valence-corrected chi connectivity index (χ3v) is 1.50. The van der Waals surface area contributed by atoms with Crippen molar-refractivity contribution in [2.24, 2.45) is 5.73 Å². The van der Waals surface area contributed by atoms with Crippen molar-refractivity contribution < 1.29 is 9.90 Å². The van der Waals surface area contributed by atoms with E-state index < -0.39 is 12.0 Å². The molecule has 66 valence electrons. The van der Waals surface area contributed by atoms with Crippen LogP contribution >= 0.6 is 0 Å². The molecule has 0 spiro atoms. The molecule has 1 rings (SSSR count). The van der Waals surface area contributed by atoms with Crippen LogP contribution < -0.4 is 5.73 Å². The Labute approximate surface area is 74.4 Å². The molecule has 0 unspecified atom stereocenters. The highest BCUT2D eigenvalue weighted by Crippen LogP contribution is 2.07. The van der Waals surface area contributed by atoms with Crippen molar-refractivity contribution >= 4 is 5.97 Å². The predicted molar refractivity (Wildman–Crippen MR) is 43.5 cm³/mol. The molecule has 0 aliphatic heterocycles. The number of carboxylic acids is 1. The van der Waals surface area contributed by atoms with E-state index in [0.29, 0.717) is 5.56 Å². The number of carbonyl (C=O) groups is 1. The highest BCUT2D eigenvalue weighted by Gasteiger charge is 2.14. The monoisotopic (exact) mass is 177 g/mol. The van der Waals surface area contributed by atoms with Crippen LogP contribution in [-0.2, 0) is 4.79 Å². The van der Waals surface area contributed by atoms with Crippen molar-refractivity contribution in [3.63, 3.8) is 0 Å². The molecule has 0 saturated carbocycles. The lowest BCUT2D eigenvalue weighted by molar-refractivity contribution is -0.138. The molecule has 1 aromatic heterocycles. The van der Waals surface area contributed by atoms with E-state index in [0.717, 1.165) is 0 Å². The molecule has 1 atom stereocenters. The van der Waals surface area contributed by atoms with Gasteiger partial charge in [-0.05, 0) is 12.1 Å². The van der Waals surface area contributed by atoms with Gasteiger partial charge in [-0.3, -0.25) is 9.78 Å². The summed E-state index contributed by atoms with van der Waals surface area (Å²) in [5.41, 5.74) is 5.90. The van der Waals surface area contributed by atoms with Gasteiger partial charge in [0, 0.05) is 6.20 Å². The summed E-state index contributed by atoms with van der Waals surface area (Å²) in [7, 11) is 0. The zero-order valence-corrected chi connectivity index (χ0v) is 6.64. The predicted octanol–water partition coefficient (Wildman–Crippen LogP) is 0.0377. The van der Waals surface area contributed by atoms with E-state index in [1.54, 1.807) is 0 Å². The number of aliphatic carboxylic acids is 1. The van der Waals surface area contributed by atoms with Gasteiger partial charge in [-0.15, -0.1) is 0 Å². The first-order chi connectivity index (χ1) is 6.15. The van der Waals surface area contributed by atoms with Crippen molar-refractivity contribution in [3.05, 3.63) is 29.6 Å². The molecule has 3 N–H and O–H groups in total. The maximum absolute atomic E-state index is 10.4. The molecule has 0 amide bonds. The molecule has 0 saturated heterocycles. The third kappa shape index (κ3) is 2.01. The topological polar surface area (TPSA) is 100 Å². The zero-order valence-electron chi connectivity index (χ0n) is 6.64. The smallest absolute Gasteiger partial charge is 0.326 e. The van der Waals surface area contributed by atoms with E-state index in [-0.39, 0.29) is 5.69 Å². The largest absolute Gasteiger partial charge is 0.480 e. The van der Waals surface area contributed by atoms with E-state index in [1.807, 2.05) is 6.07 Å². The Kier molecular flexibility index (Phi) is 2.57. The maximum atomic E-state index is 10.4. The van der Waals surface area contributed by atoms with E-state index in [4.69, 9.17) is 16.1 Å². The van der Waals surface area contributed by atoms with Crippen LogP contribution in [0.2, 0.25) is 0 Å². The van der Waals surface area contributed by atoms with Crippen molar-refractivity contribution in [3.8, 4) is 6.07 Å². The van der Waals surface area contributed by atoms with Gasteiger partial charge in [-0.1, -0.05) is 0 Å². The number of aromatic nitrogens is 1. The average molecular weight is 177 g/mol. The van der Waals surface area contributed by atoms with E-state index >= 15 is 0 Å². The Bertz CT molecular complexity index is 353. The van der Waals surface area contributed by atoms with Gasteiger partial charge in [-0.2, -0.15) is 5.26 Å². The van der Waals surface area contributed by atoms with Crippen molar-refractivity contribution in [1.29, 1.82) is 5.26 Å². The molecule has 5 heteroatoms. The van der Waals surface area contributed by atoms with Crippen LogP contribution in [0, 0.1) is 11.3 Å². The molecule has 0 radical (unpaired) electrons. The van der Waals surface area contributed by atoms with Gasteiger partial charge < -0.3 is 10.8 Å². The van der Waals surface area contributed by atoms with Crippen LogP contribution in [0.25, 0.3) is 0 Å². The van der Waals surface area contributed by atoms with Crippen LogP contribution in [0.5, 0.6) is 0 Å². The standard InChI is InChI=1S/C8H7N3O2/c9-3-5-1-2-6(11-4-5)7(10)8(12)13/h1-2,4,7H,10H2,(H,12,13)/t7-/m1/s1. The lowest BCUT2D eigenvalue weighted by Gasteiger charge is -2.04. The first-order valence-electron chi connectivity index (χ1n) is 3.49. The molecule has 0 aliphatic carbocycles. The number of hydrogen-bond acceptors (Lipinski definition) is 4. The molecule has 1 heterocycles. The van der Waals surface area contributed by atoms with E-state index in [1.165, 1.54) is 18.3 Å². The van der Waals surface area contributed by atoms with Crippen molar-refractivity contribution in [2.75, 3.05) is 0 Å². The summed E-state index contributed by atoms with van der Waals surface area (Å²) in [5, 5.41) is 17.0. The average Bonchev–Trinajstić information content (AvgIpc) is 2.17. The number of nitriles is 1. The van der Waals surface area contributed by atoms with Crippen LogP contribution in [0.4, 0.5) is 0 Å². The fourth-order valence-electron chi connectivity index (χ4n) is 0.782. The summed E-state index contributed by atoms with van der Waals surface area (Å²) in [6.45, 7) is 0. The number of rotatable bonds is 2. The summed E-state index contributed by atoms with van der Waals surface area (Å²) >= 11 is 0. The fraction of sp³-hybridized carbons (Fsp3) is 0.125. The molecule has 0 fully saturated rings. The number of hydrogen-bond donors (Lipinski definition) is 2. The summed E-state index contributed by atoms with van der Waals surface area (Å²) in [6, 6.07) is 3.65. The minimum Gasteiger partial charge on any atom is -0.480 e. The minimum atomic E-state index is -1.14. The number of pyridine rings is 1. The quantitative estimate of drug-likeness (QED) is 0.664.